The molecule has 0 radical (unpaired) electrons. The van der Waals surface area contributed by atoms with Crippen LogP contribution in [0.25, 0.3) is 0 Å². The zero-order valence-corrected chi connectivity index (χ0v) is 13.3. The first-order chi connectivity index (χ1) is 11.0. The minimum absolute atomic E-state index is 0.0520. The summed E-state index contributed by atoms with van der Waals surface area (Å²) in [5.41, 5.74) is 0. The van der Waals surface area contributed by atoms with E-state index in [1.807, 2.05) is 0 Å². The van der Waals surface area contributed by atoms with Gasteiger partial charge in [0.25, 0.3) is 0 Å². The van der Waals surface area contributed by atoms with Gasteiger partial charge in [-0.3, -0.25) is 19.2 Å². The SMILES string of the molecule is COC(=O)C1CC(C(=O)NCNC(=O)C2CC(C(=O)OC)C2)C1. The van der Waals surface area contributed by atoms with Crippen LogP contribution in [-0.2, 0) is 28.7 Å². The third kappa shape index (κ3) is 4.00. The summed E-state index contributed by atoms with van der Waals surface area (Å²) in [5.74, 6) is -1.73. The molecule has 2 rings (SSSR count). The zero-order valence-electron chi connectivity index (χ0n) is 13.3. The van der Waals surface area contributed by atoms with Gasteiger partial charge in [-0.05, 0) is 25.7 Å². The predicted octanol–water partition coefficient (Wildman–Crippen LogP) is -0.425. The first kappa shape index (κ1) is 17.2. The van der Waals surface area contributed by atoms with Gasteiger partial charge in [0, 0.05) is 11.8 Å². The highest BCUT2D eigenvalue weighted by Crippen LogP contribution is 2.35. The quantitative estimate of drug-likeness (QED) is 0.506. The number of amides is 2. The summed E-state index contributed by atoms with van der Waals surface area (Å²) < 4.78 is 9.23. The monoisotopic (exact) mass is 326 g/mol. The average Bonchev–Trinajstić information content (AvgIpc) is 2.43. The molecule has 0 atom stereocenters. The topological polar surface area (TPSA) is 111 Å². The molecule has 2 amide bonds. The van der Waals surface area contributed by atoms with Crippen molar-refractivity contribution in [3.05, 3.63) is 0 Å². The second-order valence-electron chi connectivity index (χ2n) is 6.04. The standard InChI is InChI=1S/C15H22N2O6/c1-22-14(20)10-3-8(4-10)12(18)16-7-17-13(19)9-5-11(6-9)15(21)23-2/h8-11H,3-7H2,1-2H3,(H,16,18)(H,17,19). The van der Waals surface area contributed by atoms with Gasteiger partial charge >= 0.3 is 11.9 Å². The molecule has 2 aliphatic rings. The van der Waals surface area contributed by atoms with Crippen molar-refractivity contribution in [1.29, 1.82) is 0 Å². The molecule has 8 nitrogen and oxygen atoms in total. The second-order valence-corrected chi connectivity index (χ2v) is 6.04. The van der Waals surface area contributed by atoms with Crippen LogP contribution >= 0.6 is 0 Å². The van der Waals surface area contributed by atoms with Gasteiger partial charge in [0.1, 0.15) is 0 Å². The van der Waals surface area contributed by atoms with Crippen LogP contribution < -0.4 is 10.6 Å². The van der Waals surface area contributed by atoms with E-state index in [-0.39, 0.29) is 54.1 Å². The van der Waals surface area contributed by atoms with Crippen molar-refractivity contribution in [2.75, 3.05) is 20.9 Å². The molecule has 23 heavy (non-hydrogen) atoms. The Morgan fingerprint density at radius 2 is 1.09 bits per heavy atom. The Balaban J connectivity index is 1.57. The number of carbonyl (C=O) groups is 4. The number of rotatable bonds is 6. The number of nitrogens with one attached hydrogen (secondary N) is 2. The van der Waals surface area contributed by atoms with Gasteiger partial charge in [0.15, 0.2) is 0 Å². The highest BCUT2D eigenvalue weighted by Gasteiger charge is 2.40. The van der Waals surface area contributed by atoms with Gasteiger partial charge < -0.3 is 20.1 Å². The maximum absolute atomic E-state index is 11.8. The summed E-state index contributed by atoms with van der Waals surface area (Å²) in [4.78, 5) is 46.1. The molecule has 0 aromatic rings. The fourth-order valence-electron chi connectivity index (χ4n) is 2.89. The fraction of sp³-hybridized carbons (Fsp3) is 0.733. The van der Waals surface area contributed by atoms with Crippen molar-refractivity contribution in [1.82, 2.24) is 10.6 Å². The number of hydrogen-bond acceptors (Lipinski definition) is 6. The van der Waals surface area contributed by atoms with Crippen LogP contribution in [-0.4, -0.2) is 44.6 Å². The van der Waals surface area contributed by atoms with E-state index in [4.69, 9.17) is 0 Å². The molecule has 2 aliphatic carbocycles. The lowest BCUT2D eigenvalue weighted by molar-refractivity contribution is -0.152. The molecule has 2 N–H and O–H groups in total. The number of methoxy groups -OCH3 is 2. The molecule has 0 aromatic heterocycles. The Kier molecular flexibility index (Phi) is 5.57. The number of ether oxygens (including phenoxy) is 2. The van der Waals surface area contributed by atoms with Crippen LogP contribution in [0.3, 0.4) is 0 Å². The van der Waals surface area contributed by atoms with Crippen molar-refractivity contribution in [2.24, 2.45) is 23.7 Å². The van der Waals surface area contributed by atoms with E-state index >= 15 is 0 Å². The number of esters is 2. The third-order valence-electron chi connectivity index (χ3n) is 4.61. The van der Waals surface area contributed by atoms with Gasteiger partial charge in [0.2, 0.25) is 11.8 Å². The van der Waals surface area contributed by atoms with E-state index in [2.05, 4.69) is 20.1 Å². The normalized spacial score (nSPS) is 28.6. The Morgan fingerprint density at radius 1 is 0.739 bits per heavy atom. The molecule has 0 spiro atoms. The Morgan fingerprint density at radius 3 is 1.39 bits per heavy atom. The van der Waals surface area contributed by atoms with Gasteiger partial charge in [-0.1, -0.05) is 0 Å². The zero-order chi connectivity index (χ0) is 17.0. The minimum Gasteiger partial charge on any atom is -0.469 e. The molecule has 0 unspecified atom stereocenters. The molecular weight excluding hydrogens is 304 g/mol. The maximum atomic E-state index is 11.8. The smallest absolute Gasteiger partial charge is 0.308 e. The summed E-state index contributed by atoms with van der Waals surface area (Å²) in [5, 5.41) is 5.25. The minimum atomic E-state index is -0.285. The van der Waals surface area contributed by atoms with Crippen LogP contribution in [0.15, 0.2) is 0 Å². The largest absolute Gasteiger partial charge is 0.469 e. The van der Waals surface area contributed by atoms with Crippen molar-refractivity contribution >= 4 is 23.8 Å². The van der Waals surface area contributed by atoms with E-state index in [0.717, 1.165) is 0 Å². The molecule has 0 saturated heterocycles. The molecule has 0 aromatic carbocycles. The highest BCUT2D eigenvalue weighted by atomic mass is 16.5. The fourth-order valence-corrected chi connectivity index (χ4v) is 2.89. The van der Waals surface area contributed by atoms with Crippen LogP contribution in [0.4, 0.5) is 0 Å². The average molecular weight is 326 g/mol. The van der Waals surface area contributed by atoms with Gasteiger partial charge in [-0.2, -0.15) is 0 Å². The predicted molar refractivity (Wildman–Crippen MR) is 77.6 cm³/mol. The molecule has 0 heterocycles. The summed E-state index contributed by atoms with van der Waals surface area (Å²) >= 11 is 0. The first-order valence-electron chi connectivity index (χ1n) is 7.67. The molecule has 0 aliphatic heterocycles. The van der Waals surface area contributed by atoms with Crippen LogP contribution in [0, 0.1) is 23.7 Å². The van der Waals surface area contributed by atoms with Crippen molar-refractivity contribution < 1.29 is 28.7 Å². The number of carbonyl (C=O) groups excluding carboxylic acids is 4. The van der Waals surface area contributed by atoms with Crippen LogP contribution in [0.2, 0.25) is 0 Å². The van der Waals surface area contributed by atoms with E-state index in [9.17, 15) is 19.2 Å². The number of hydrogen-bond donors (Lipinski definition) is 2. The van der Waals surface area contributed by atoms with Gasteiger partial charge in [-0.15, -0.1) is 0 Å². The molecule has 128 valence electrons. The van der Waals surface area contributed by atoms with E-state index in [1.54, 1.807) is 0 Å². The Hall–Kier alpha value is -2.12. The highest BCUT2D eigenvalue weighted by molar-refractivity contribution is 5.85. The van der Waals surface area contributed by atoms with Crippen molar-refractivity contribution in [3.63, 3.8) is 0 Å². The third-order valence-corrected chi connectivity index (χ3v) is 4.61. The molecular formula is C15H22N2O6. The second kappa shape index (κ2) is 7.43. The van der Waals surface area contributed by atoms with E-state index in [0.29, 0.717) is 25.7 Å². The molecule has 2 saturated carbocycles. The Labute approximate surface area is 134 Å². The van der Waals surface area contributed by atoms with E-state index < -0.39 is 0 Å². The molecule has 8 heteroatoms. The van der Waals surface area contributed by atoms with Gasteiger partial charge in [0.05, 0.1) is 32.7 Å². The van der Waals surface area contributed by atoms with Crippen molar-refractivity contribution in [3.8, 4) is 0 Å². The lowest BCUT2D eigenvalue weighted by Gasteiger charge is -2.33. The lowest BCUT2D eigenvalue weighted by atomic mass is 9.74. The Bertz CT molecular complexity index is 450. The summed E-state index contributed by atoms with van der Waals surface area (Å²) in [6.45, 7) is 0.0520. The summed E-state index contributed by atoms with van der Waals surface area (Å²) in [6.07, 6.45) is 1.93. The van der Waals surface area contributed by atoms with Crippen molar-refractivity contribution in [2.45, 2.75) is 25.7 Å². The van der Waals surface area contributed by atoms with E-state index in [1.165, 1.54) is 14.2 Å². The molecule has 0 bridgehead atoms. The van der Waals surface area contributed by atoms with Crippen LogP contribution in [0.5, 0.6) is 0 Å². The first-order valence-corrected chi connectivity index (χ1v) is 7.67. The van der Waals surface area contributed by atoms with Crippen LogP contribution in [0.1, 0.15) is 25.7 Å². The maximum Gasteiger partial charge on any atom is 0.308 e. The summed E-state index contributed by atoms with van der Waals surface area (Å²) in [7, 11) is 2.66. The summed E-state index contributed by atoms with van der Waals surface area (Å²) in [6, 6.07) is 0. The molecule has 2 fully saturated rings. The lowest BCUT2D eigenvalue weighted by Crippen LogP contribution is -2.48. The van der Waals surface area contributed by atoms with Gasteiger partial charge in [-0.25, -0.2) is 0 Å².